The molecule has 0 fully saturated rings. The van der Waals surface area contributed by atoms with Crippen LogP contribution in [0.5, 0.6) is 11.5 Å². The van der Waals surface area contributed by atoms with E-state index in [2.05, 4.69) is 10.5 Å². The lowest BCUT2D eigenvalue weighted by Gasteiger charge is -2.07. The molecule has 0 atom stereocenters. The molecule has 1 N–H and O–H groups in total. The smallest absolute Gasteiger partial charge is 0.273 e. The summed E-state index contributed by atoms with van der Waals surface area (Å²) in [5.74, 6) is 0.572. The van der Waals surface area contributed by atoms with E-state index in [1.165, 1.54) is 38.6 Å². The van der Waals surface area contributed by atoms with Crippen molar-refractivity contribution in [1.82, 2.24) is 5.43 Å². The first-order valence-electron chi connectivity index (χ1n) is 7.26. The number of ether oxygens (including phenoxy) is 2. The van der Waals surface area contributed by atoms with E-state index in [1.54, 1.807) is 25.1 Å². The van der Waals surface area contributed by atoms with Crippen molar-refractivity contribution in [2.45, 2.75) is 6.92 Å². The van der Waals surface area contributed by atoms with Gasteiger partial charge < -0.3 is 9.47 Å². The molecule has 0 saturated heterocycles. The first kappa shape index (κ1) is 17.9. The summed E-state index contributed by atoms with van der Waals surface area (Å²) >= 11 is 0. The third kappa shape index (κ3) is 4.31. The first-order chi connectivity index (χ1) is 12.0. The van der Waals surface area contributed by atoms with E-state index in [9.17, 15) is 14.9 Å². The normalized spacial score (nSPS) is 10.5. The predicted octanol–water partition coefficient (Wildman–Crippen LogP) is 2.68. The second kappa shape index (κ2) is 7.91. The van der Waals surface area contributed by atoms with Gasteiger partial charge in [0.25, 0.3) is 11.6 Å². The third-order valence-corrected chi connectivity index (χ3v) is 3.46. The van der Waals surface area contributed by atoms with Gasteiger partial charge in [-0.05, 0) is 36.8 Å². The van der Waals surface area contributed by atoms with Crippen molar-refractivity contribution in [3.05, 3.63) is 63.2 Å². The van der Waals surface area contributed by atoms with Crippen LogP contribution in [0.3, 0.4) is 0 Å². The van der Waals surface area contributed by atoms with Gasteiger partial charge in [0.05, 0.1) is 25.4 Å². The molecule has 0 aromatic heterocycles. The standard InChI is InChI=1S/C17H17N3O5/c1-11-4-6-13(9-14(11)20(22)23)17(21)19-18-10-12-5-7-15(24-2)16(8-12)25-3/h4-10H,1-3H3,(H,19,21)/b18-10-. The Hall–Kier alpha value is -3.42. The molecule has 25 heavy (non-hydrogen) atoms. The zero-order valence-electron chi connectivity index (χ0n) is 14.0. The number of benzene rings is 2. The number of hydrogen-bond donors (Lipinski definition) is 1. The Morgan fingerprint density at radius 3 is 2.52 bits per heavy atom. The first-order valence-corrected chi connectivity index (χ1v) is 7.26. The molecule has 0 unspecified atom stereocenters. The minimum absolute atomic E-state index is 0.114. The number of nitro groups is 1. The summed E-state index contributed by atoms with van der Waals surface area (Å²) in [4.78, 5) is 22.5. The Balaban J connectivity index is 2.10. The van der Waals surface area contributed by atoms with Crippen molar-refractivity contribution in [2.75, 3.05) is 14.2 Å². The van der Waals surface area contributed by atoms with Crippen molar-refractivity contribution in [2.24, 2.45) is 5.10 Å². The molecule has 8 nitrogen and oxygen atoms in total. The largest absolute Gasteiger partial charge is 0.493 e. The van der Waals surface area contributed by atoms with E-state index < -0.39 is 10.8 Å². The van der Waals surface area contributed by atoms with Crippen molar-refractivity contribution in [3.63, 3.8) is 0 Å². The van der Waals surface area contributed by atoms with Crippen molar-refractivity contribution in [1.29, 1.82) is 0 Å². The Labute approximate surface area is 144 Å². The highest BCUT2D eigenvalue weighted by molar-refractivity contribution is 5.95. The lowest BCUT2D eigenvalue weighted by molar-refractivity contribution is -0.385. The van der Waals surface area contributed by atoms with Crippen LogP contribution in [0.25, 0.3) is 0 Å². The molecule has 1 amide bonds. The summed E-state index contributed by atoms with van der Waals surface area (Å²) in [5, 5.41) is 14.8. The molecule has 0 aliphatic carbocycles. The maximum Gasteiger partial charge on any atom is 0.273 e. The quantitative estimate of drug-likeness (QED) is 0.493. The third-order valence-electron chi connectivity index (χ3n) is 3.46. The van der Waals surface area contributed by atoms with Crippen LogP contribution in [0, 0.1) is 17.0 Å². The molecule has 0 spiro atoms. The van der Waals surface area contributed by atoms with E-state index in [-0.39, 0.29) is 11.3 Å². The fraction of sp³-hybridized carbons (Fsp3) is 0.176. The predicted molar refractivity (Wildman–Crippen MR) is 92.4 cm³/mol. The minimum atomic E-state index is -0.542. The highest BCUT2D eigenvalue weighted by Gasteiger charge is 2.14. The number of nitro benzene ring substituents is 1. The van der Waals surface area contributed by atoms with E-state index in [4.69, 9.17) is 9.47 Å². The maximum atomic E-state index is 12.1. The van der Waals surface area contributed by atoms with Gasteiger partial charge in [-0.3, -0.25) is 14.9 Å². The van der Waals surface area contributed by atoms with Crippen LogP contribution in [0.2, 0.25) is 0 Å². The summed E-state index contributed by atoms with van der Waals surface area (Å²) in [6, 6.07) is 9.40. The average Bonchev–Trinajstić information content (AvgIpc) is 2.61. The van der Waals surface area contributed by atoms with Gasteiger partial charge in [-0.25, -0.2) is 5.43 Å². The van der Waals surface area contributed by atoms with E-state index in [1.807, 2.05) is 0 Å². The number of rotatable bonds is 6. The lowest BCUT2D eigenvalue weighted by Crippen LogP contribution is -2.17. The zero-order chi connectivity index (χ0) is 18.4. The van der Waals surface area contributed by atoms with Crippen LogP contribution in [0.15, 0.2) is 41.5 Å². The number of carbonyl (C=O) groups excluding carboxylic acids is 1. The van der Waals surface area contributed by atoms with Crippen LogP contribution < -0.4 is 14.9 Å². The minimum Gasteiger partial charge on any atom is -0.493 e. The molecule has 0 radical (unpaired) electrons. The van der Waals surface area contributed by atoms with Gasteiger partial charge in [0.2, 0.25) is 0 Å². The highest BCUT2D eigenvalue weighted by atomic mass is 16.6. The van der Waals surface area contributed by atoms with E-state index in [0.29, 0.717) is 22.6 Å². The fourth-order valence-electron chi connectivity index (χ4n) is 2.11. The van der Waals surface area contributed by atoms with Gasteiger partial charge in [-0.15, -0.1) is 0 Å². The summed E-state index contributed by atoms with van der Waals surface area (Å²) in [7, 11) is 3.05. The number of nitrogens with one attached hydrogen (secondary N) is 1. The second-order valence-corrected chi connectivity index (χ2v) is 5.07. The molecular formula is C17H17N3O5. The van der Waals surface area contributed by atoms with Crippen molar-refractivity contribution < 1.29 is 19.2 Å². The lowest BCUT2D eigenvalue weighted by atomic mass is 10.1. The Morgan fingerprint density at radius 1 is 1.16 bits per heavy atom. The molecule has 2 rings (SSSR count). The topological polar surface area (TPSA) is 103 Å². The number of aryl methyl sites for hydroxylation is 1. The summed E-state index contributed by atoms with van der Waals surface area (Å²) < 4.78 is 10.3. The summed E-state index contributed by atoms with van der Waals surface area (Å²) in [5.41, 5.74) is 3.54. The molecule has 0 saturated carbocycles. The van der Waals surface area contributed by atoms with Crippen LogP contribution in [-0.4, -0.2) is 31.3 Å². The SMILES string of the molecule is COc1ccc(/C=N\NC(=O)c2ccc(C)c([N+](=O)[O-])c2)cc1OC. The van der Waals surface area contributed by atoms with Crippen molar-refractivity contribution in [3.8, 4) is 11.5 Å². The van der Waals surface area contributed by atoms with Crippen LogP contribution in [0.1, 0.15) is 21.5 Å². The Kier molecular flexibility index (Phi) is 5.67. The Bertz CT molecular complexity index is 833. The molecule has 0 heterocycles. The van der Waals surface area contributed by atoms with Crippen LogP contribution in [-0.2, 0) is 0 Å². The summed E-state index contributed by atoms with van der Waals surface area (Å²) in [6.07, 6.45) is 1.43. The van der Waals surface area contributed by atoms with Gasteiger partial charge in [0, 0.05) is 17.2 Å². The van der Waals surface area contributed by atoms with Crippen LogP contribution in [0.4, 0.5) is 5.69 Å². The molecule has 8 heteroatoms. The van der Waals surface area contributed by atoms with Gasteiger partial charge in [0.15, 0.2) is 11.5 Å². The maximum absolute atomic E-state index is 12.1. The zero-order valence-corrected chi connectivity index (χ0v) is 14.0. The number of methoxy groups -OCH3 is 2. The van der Waals surface area contributed by atoms with Gasteiger partial charge in [-0.2, -0.15) is 5.10 Å². The highest BCUT2D eigenvalue weighted by Crippen LogP contribution is 2.26. The number of hydrogen-bond acceptors (Lipinski definition) is 6. The molecule has 0 aliphatic heterocycles. The Morgan fingerprint density at radius 2 is 1.88 bits per heavy atom. The van der Waals surface area contributed by atoms with Crippen molar-refractivity contribution >= 4 is 17.8 Å². The van der Waals surface area contributed by atoms with Crippen LogP contribution >= 0.6 is 0 Å². The molecule has 2 aromatic rings. The molecule has 2 aromatic carbocycles. The molecular weight excluding hydrogens is 326 g/mol. The summed E-state index contributed by atoms with van der Waals surface area (Å²) in [6.45, 7) is 1.61. The van der Waals surface area contributed by atoms with Gasteiger partial charge in [-0.1, -0.05) is 6.07 Å². The van der Waals surface area contributed by atoms with Gasteiger partial charge in [0.1, 0.15) is 0 Å². The molecule has 0 aliphatic rings. The second-order valence-electron chi connectivity index (χ2n) is 5.07. The number of carbonyl (C=O) groups is 1. The molecule has 0 bridgehead atoms. The average molecular weight is 343 g/mol. The fourth-order valence-corrected chi connectivity index (χ4v) is 2.11. The number of nitrogens with zero attached hydrogens (tertiary/aromatic N) is 2. The van der Waals surface area contributed by atoms with E-state index >= 15 is 0 Å². The monoisotopic (exact) mass is 343 g/mol. The van der Waals surface area contributed by atoms with E-state index in [0.717, 1.165) is 0 Å². The molecule has 130 valence electrons. The number of hydrazone groups is 1. The van der Waals surface area contributed by atoms with Gasteiger partial charge >= 0.3 is 0 Å². The number of amides is 1.